The number of sulfonamides is 1. The fourth-order valence-corrected chi connectivity index (χ4v) is 5.48. The molecule has 1 aliphatic heterocycles. The Hall–Kier alpha value is -2.18. The van der Waals surface area contributed by atoms with Gasteiger partial charge in [0, 0.05) is 18.7 Å². The molecule has 1 unspecified atom stereocenters. The van der Waals surface area contributed by atoms with Gasteiger partial charge in [0.2, 0.25) is 10.0 Å². The summed E-state index contributed by atoms with van der Waals surface area (Å²) in [5.74, 6) is 0.280. The molecule has 0 bridgehead atoms. The minimum absolute atomic E-state index is 0.0190. The van der Waals surface area contributed by atoms with Crippen molar-refractivity contribution in [1.29, 1.82) is 0 Å². The van der Waals surface area contributed by atoms with Gasteiger partial charge in [0.1, 0.15) is 0 Å². The van der Waals surface area contributed by atoms with E-state index in [-0.39, 0.29) is 17.7 Å². The molecule has 1 atom stereocenters. The molecule has 3 rings (SSSR count). The molecule has 0 radical (unpaired) electrons. The fraction of sp³-hybridized carbons (Fsp3) is 0.458. The highest BCUT2D eigenvalue weighted by Crippen LogP contribution is 2.22. The lowest BCUT2D eigenvalue weighted by Gasteiger charge is -2.25. The van der Waals surface area contributed by atoms with Crippen LogP contribution in [0.5, 0.6) is 0 Å². The fourth-order valence-electron chi connectivity index (χ4n) is 3.87. The van der Waals surface area contributed by atoms with Gasteiger partial charge >= 0.3 is 0 Å². The summed E-state index contributed by atoms with van der Waals surface area (Å²) in [6.45, 7) is 5.50. The van der Waals surface area contributed by atoms with Gasteiger partial charge in [-0.3, -0.25) is 4.79 Å². The van der Waals surface area contributed by atoms with Crippen LogP contribution in [0.1, 0.15) is 67.1 Å². The van der Waals surface area contributed by atoms with Crippen molar-refractivity contribution in [1.82, 2.24) is 9.62 Å². The number of piperidine rings is 1. The van der Waals surface area contributed by atoms with E-state index >= 15 is 0 Å². The monoisotopic (exact) mass is 428 g/mol. The van der Waals surface area contributed by atoms with Gasteiger partial charge in [0.05, 0.1) is 11.8 Å². The molecule has 1 fully saturated rings. The summed E-state index contributed by atoms with van der Waals surface area (Å²) in [5, 5.41) is 3.13. The number of carbonyl (C=O) groups is 1. The van der Waals surface area contributed by atoms with Gasteiger partial charge in [-0.25, -0.2) is 12.7 Å². The number of nitrogens with one attached hydrogen (secondary N) is 1. The van der Waals surface area contributed by atoms with Crippen molar-refractivity contribution in [3.8, 4) is 0 Å². The van der Waals surface area contributed by atoms with Crippen molar-refractivity contribution in [2.24, 2.45) is 5.92 Å². The van der Waals surface area contributed by atoms with Crippen molar-refractivity contribution in [2.45, 2.75) is 51.3 Å². The van der Waals surface area contributed by atoms with E-state index in [4.69, 9.17) is 0 Å². The average Bonchev–Trinajstić information content (AvgIpc) is 2.74. The lowest BCUT2D eigenvalue weighted by molar-refractivity contribution is 0.0932. The number of nitrogens with zero attached hydrogens (tertiary/aromatic N) is 1. The van der Waals surface area contributed by atoms with E-state index in [1.807, 2.05) is 30.3 Å². The van der Waals surface area contributed by atoms with Gasteiger partial charge in [-0.2, -0.15) is 0 Å². The summed E-state index contributed by atoms with van der Waals surface area (Å²) in [6.07, 6.45) is 3.80. The van der Waals surface area contributed by atoms with E-state index in [1.165, 1.54) is 0 Å². The summed E-state index contributed by atoms with van der Waals surface area (Å²) in [4.78, 5) is 12.8. The van der Waals surface area contributed by atoms with Gasteiger partial charge in [0.15, 0.2) is 0 Å². The van der Waals surface area contributed by atoms with E-state index in [9.17, 15) is 13.2 Å². The number of amides is 1. The zero-order chi connectivity index (χ0) is 21.6. The third kappa shape index (κ3) is 6.16. The summed E-state index contributed by atoms with van der Waals surface area (Å²) >= 11 is 0. The number of rotatable bonds is 8. The van der Waals surface area contributed by atoms with Crippen LogP contribution >= 0.6 is 0 Å². The van der Waals surface area contributed by atoms with Crippen LogP contribution in [0.3, 0.4) is 0 Å². The van der Waals surface area contributed by atoms with Crippen molar-refractivity contribution >= 4 is 15.9 Å². The predicted octanol–water partition coefficient (Wildman–Crippen LogP) is 4.52. The van der Waals surface area contributed by atoms with Crippen molar-refractivity contribution < 1.29 is 13.2 Å². The van der Waals surface area contributed by atoms with E-state index < -0.39 is 10.0 Å². The largest absolute Gasteiger partial charge is 0.345 e. The van der Waals surface area contributed by atoms with Crippen molar-refractivity contribution in [3.63, 3.8) is 0 Å². The molecule has 6 heteroatoms. The molecule has 1 aliphatic rings. The van der Waals surface area contributed by atoms with Crippen LogP contribution in [0.25, 0.3) is 0 Å². The maximum Gasteiger partial charge on any atom is 0.251 e. The maximum absolute atomic E-state index is 12.8. The summed E-state index contributed by atoms with van der Waals surface area (Å²) in [6, 6.07) is 16.9. The van der Waals surface area contributed by atoms with E-state index in [0.29, 0.717) is 30.1 Å². The smallest absolute Gasteiger partial charge is 0.251 e. The number of hydrogen-bond donors (Lipinski definition) is 1. The van der Waals surface area contributed by atoms with Gasteiger partial charge in [-0.15, -0.1) is 0 Å². The average molecular weight is 429 g/mol. The minimum atomic E-state index is -3.31. The molecule has 5 nitrogen and oxygen atoms in total. The third-order valence-corrected chi connectivity index (χ3v) is 7.34. The molecule has 30 heavy (non-hydrogen) atoms. The number of carbonyl (C=O) groups excluding carboxylic acids is 1. The highest BCUT2D eigenvalue weighted by atomic mass is 32.2. The minimum Gasteiger partial charge on any atom is -0.345 e. The van der Waals surface area contributed by atoms with Crippen LogP contribution in [-0.2, 0) is 15.8 Å². The topological polar surface area (TPSA) is 66.5 Å². The molecule has 2 aromatic carbocycles. The third-order valence-electron chi connectivity index (χ3n) is 5.49. The Morgan fingerprint density at radius 3 is 2.20 bits per heavy atom. The Balaban J connectivity index is 1.66. The maximum atomic E-state index is 12.8. The van der Waals surface area contributed by atoms with Crippen LogP contribution in [0.15, 0.2) is 54.6 Å². The first kappa shape index (κ1) is 22.5. The number of hydrogen-bond acceptors (Lipinski definition) is 3. The molecule has 0 aromatic heterocycles. The molecule has 0 saturated carbocycles. The van der Waals surface area contributed by atoms with Gasteiger partial charge in [-0.05, 0) is 48.4 Å². The van der Waals surface area contributed by atoms with Crippen LogP contribution in [0.4, 0.5) is 0 Å². The first-order valence-electron chi connectivity index (χ1n) is 10.8. The molecule has 2 aromatic rings. The molecule has 1 heterocycles. The Morgan fingerprint density at radius 1 is 0.967 bits per heavy atom. The van der Waals surface area contributed by atoms with Crippen LogP contribution in [0, 0.1) is 5.92 Å². The highest BCUT2D eigenvalue weighted by molar-refractivity contribution is 7.88. The summed E-state index contributed by atoms with van der Waals surface area (Å²) in [7, 11) is -3.31. The summed E-state index contributed by atoms with van der Waals surface area (Å²) < 4.78 is 26.8. The van der Waals surface area contributed by atoms with E-state index in [1.54, 1.807) is 28.6 Å². The number of benzene rings is 2. The molecule has 1 saturated heterocycles. The van der Waals surface area contributed by atoms with Crippen molar-refractivity contribution in [2.75, 3.05) is 13.1 Å². The Morgan fingerprint density at radius 2 is 1.60 bits per heavy atom. The van der Waals surface area contributed by atoms with E-state index in [0.717, 1.165) is 31.2 Å². The second-order valence-electron chi connectivity index (χ2n) is 8.48. The zero-order valence-corrected chi connectivity index (χ0v) is 18.7. The molecule has 0 aliphatic carbocycles. The molecular weight excluding hydrogens is 396 g/mol. The highest BCUT2D eigenvalue weighted by Gasteiger charge is 2.24. The Bertz CT molecular complexity index is 919. The normalized spacial score (nSPS) is 16.4. The summed E-state index contributed by atoms with van der Waals surface area (Å²) in [5.41, 5.74) is 2.33. The second kappa shape index (κ2) is 10.2. The van der Waals surface area contributed by atoms with Gasteiger partial charge in [-0.1, -0.05) is 62.7 Å². The van der Waals surface area contributed by atoms with Crippen LogP contribution in [0.2, 0.25) is 0 Å². The van der Waals surface area contributed by atoms with E-state index in [2.05, 4.69) is 19.2 Å². The van der Waals surface area contributed by atoms with Crippen molar-refractivity contribution in [3.05, 3.63) is 71.3 Å². The van der Waals surface area contributed by atoms with Crippen LogP contribution in [-0.4, -0.2) is 31.7 Å². The molecule has 0 spiro atoms. The molecular formula is C24H32N2O3S. The second-order valence-corrected chi connectivity index (χ2v) is 10.4. The Labute approximate surface area is 180 Å². The predicted molar refractivity (Wildman–Crippen MR) is 121 cm³/mol. The lowest BCUT2D eigenvalue weighted by Crippen LogP contribution is -2.36. The zero-order valence-electron chi connectivity index (χ0n) is 17.9. The SMILES string of the molecule is CC(C)CC(NC(=O)c1ccc(CS(=O)(=O)N2CCCCC2)cc1)c1ccccc1. The molecule has 162 valence electrons. The first-order chi connectivity index (χ1) is 14.3. The standard InChI is InChI=1S/C24H32N2O3S/c1-19(2)17-23(21-9-5-3-6-10-21)25-24(27)22-13-11-20(12-14-22)18-30(28,29)26-15-7-4-8-16-26/h3,5-6,9-14,19,23H,4,7-8,15-18H2,1-2H3,(H,25,27). The Kier molecular flexibility index (Phi) is 7.67. The lowest BCUT2D eigenvalue weighted by atomic mass is 9.96. The van der Waals surface area contributed by atoms with Gasteiger partial charge < -0.3 is 5.32 Å². The first-order valence-corrected chi connectivity index (χ1v) is 12.4. The van der Waals surface area contributed by atoms with Gasteiger partial charge in [0.25, 0.3) is 5.91 Å². The molecule has 1 N–H and O–H groups in total. The quantitative estimate of drug-likeness (QED) is 0.672. The van der Waals surface area contributed by atoms with Crippen LogP contribution < -0.4 is 5.32 Å². The molecule has 1 amide bonds.